The van der Waals surface area contributed by atoms with Gasteiger partial charge in [0.1, 0.15) is 0 Å². The predicted octanol–water partition coefficient (Wildman–Crippen LogP) is 2.02. The highest BCUT2D eigenvalue weighted by Gasteiger charge is 2.23. The first-order chi connectivity index (χ1) is 9.77. The second-order valence-corrected chi connectivity index (χ2v) is 5.93. The van der Waals surface area contributed by atoms with Gasteiger partial charge in [-0.3, -0.25) is 4.90 Å². The van der Waals surface area contributed by atoms with Gasteiger partial charge in [0.25, 0.3) is 0 Å². The third-order valence-corrected chi connectivity index (χ3v) is 3.95. The minimum Gasteiger partial charge on any atom is -0.389 e. The lowest BCUT2D eigenvalue weighted by Gasteiger charge is -2.37. The molecule has 0 aromatic heterocycles. The molecular formula is C16H34N2O2. The van der Waals surface area contributed by atoms with E-state index in [2.05, 4.69) is 24.1 Å². The third kappa shape index (κ3) is 7.58. The van der Waals surface area contributed by atoms with Gasteiger partial charge in [0.05, 0.1) is 12.7 Å². The molecule has 2 unspecified atom stereocenters. The maximum absolute atomic E-state index is 10.1. The molecule has 120 valence electrons. The first-order valence-corrected chi connectivity index (χ1v) is 8.48. The van der Waals surface area contributed by atoms with Crippen molar-refractivity contribution in [2.45, 2.75) is 64.5 Å². The van der Waals surface area contributed by atoms with E-state index < -0.39 is 0 Å². The van der Waals surface area contributed by atoms with Gasteiger partial charge in [0.15, 0.2) is 0 Å². The average Bonchev–Trinajstić information content (AvgIpc) is 2.46. The minimum atomic E-state index is -0.348. The predicted molar refractivity (Wildman–Crippen MR) is 84.1 cm³/mol. The number of β-amino-alcohol motifs (C(OH)–C–C–N with tert-alkyl or cyclic N) is 1. The highest BCUT2D eigenvalue weighted by atomic mass is 16.5. The summed E-state index contributed by atoms with van der Waals surface area (Å²) in [5, 5.41) is 13.6. The second-order valence-electron chi connectivity index (χ2n) is 5.93. The van der Waals surface area contributed by atoms with Crippen LogP contribution in [0.25, 0.3) is 0 Å². The Bertz CT molecular complexity index is 227. The molecule has 4 heteroatoms. The van der Waals surface area contributed by atoms with Crippen LogP contribution in [0.15, 0.2) is 0 Å². The van der Waals surface area contributed by atoms with Crippen molar-refractivity contribution in [2.75, 3.05) is 39.4 Å². The van der Waals surface area contributed by atoms with Crippen LogP contribution in [0.2, 0.25) is 0 Å². The Labute approximate surface area is 124 Å². The van der Waals surface area contributed by atoms with Gasteiger partial charge in [-0.05, 0) is 38.8 Å². The van der Waals surface area contributed by atoms with E-state index in [-0.39, 0.29) is 6.10 Å². The maximum Gasteiger partial charge on any atom is 0.0900 e. The van der Waals surface area contributed by atoms with Crippen LogP contribution in [0.3, 0.4) is 0 Å². The van der Waals surface area contributed by atoms with Gasteiger partial charge in [-0.25, -0.2) is 0 Å². The van der Waals surface area contributed by atoms with E-state index in [0.717, 1.165) is 45.6 Å². The Morgan fingerprint density at radius 3 is 2.90 bits per heavy atom. The van der Waals surface area contributed by atoms with E-state index in [9.17, 15) is 5.11 Å². The number of nitrogens with zero attached hydrogens (tertiary/aromatic N) is 1. The number of ether oxygens (including phenoxy) is 1. The molecule has 1 heterocycles. The molecule has 0 amide bonds. The molecule has 4 nitrogen and oxygen atoms in total. The highest BCUT2D eigenvalue weighted by Crippen LogP contribution is 2.16. The summed E-state index contributed by atoms with van der Waals surface area (Å²) in [6.45, 7) is 9.62. The quantitative estimate of drug-likeness (QED) is 0.570. The van der Waals surface area contributed by atoms with Gasteiger partial charge in [-0.15, -0.1) is 0 Å². The van der Waals surface area contributed by atoms with Crippen LogP contribution < -0.4 is 5.32 Å². The number of aliphatic hydroxyl groups is 1. The molecule has 1 aliphatic rings. The van der Waals surface area contributed by atoms with Crippen LogP contribution in [-0.4, -0.2) is 61.5 Å². The van der Waals surface area contributed by atoms with E-state index in [1.54, 1.807) is 0 Å². The molecular weight excluding hydrogens is 252 g/mol. The summed E-state index contributed by atoms with van der Waals surface area (Å²) in [4.78, 5) is 2.44. The Hall–Kier alpha value is -0.160. The SMILES string of the molecule is CCCCOCC(O)CN1CCCCC1CNCCC. The maximum atomic E-state index is 10.1. The molecule has 0 saturated carbocycles. The van der Waals surface area contributed by atoms with Gasteiger partial charge in [0.2, 0.25) is 0 Å². The van der Waals surface area contributed by atoms with Gasteiger partial charge >= 0.3 is 0 Å². The lowest BCUT2D eigenvalue weighted by molar-refractivity contribution is 0.00163. The van der Waals surface area contributed by atoms with Gasteiger partial charge in [0, 0.05) is 25.7 Å². The van der Waals surface area contributed by atoms with Crippen molar-refractivity contribution < 1.29 is 9.84 Å². The summed E-state index contributed by atoms with van der Waals surface area (Å²) in [6.07, 6.45) is 6.89. The molecule has 1 fully saturated rings. The standard InChI is InChI=1S/C16H34N2O2/c1-3-5-11-20-14-16(19)13-18-10-7-6-8-15(18)12-17-9-4-2/h15-17,19H,3-14H2,1-2H3. The number of aliphatic hydroxyl groups excluding tert-OH is 1. The van der Waals surface area contributed by atoms with E-state index >= 15 is 0 Å². The van der Waals surface area contributed by atoms with Crippen LogP contribution in [0.5, 0.6) is 0 Å². The van der Waals surface area contributed by atoms with Crippen LogP contribution in [0.4, 0.5) is 0 Å². The number of piperidine rings is 1. The fourth-order valence-corrected chi connectivity index (χ4v) is 2.77. The zero-order chi connectivity index (χ0) is 14.6. The van der Waals surface area contributed by atoms with Crippen molar-refractivity contribution in [1.29, 1.82) is 0 Å². The largest absolute Gasteiger partial charge is 0.389 e. The normalized spacial score (nSPS) is 22.1. The van der Waals surface area contributed by atoms with Crippen LogP contribution in [-0.2, 0) is 4.74 Å². The van der Waals surface area contributed by atoms with Crippen molar-refractivity contribution in [1.82, 2.24) is 10.2 Å². The first kappa shape index (κ1) is 17.9. The van der Waals surface area contributed by atoms with Crippen molar-refractivity contribution in [3.63, 3.8) is 0 Å². The summed E-state index contributed by atoms with van der Waals surface area (Å²) >= 11 is 0. The Morgan fingerprint density at radius 1 is 1.30 bits per heavy atom. The average molecular weight is 286 g/mol. The molecule has 1 rings (SSSR count). The zero-order valence-corrected chi connectivity index (χ0v) is 13.4. The van der Waals surface area contributed by atoms with E-state index in [4.69, 9.17) is 4.74 Å². The van der Waals surface area contributed by atoms with E-state index in [1.165, 1.54) is 25.7 Å². The first-order valence-electron chi connectivity index (χ1n) is 8.48. The smallest absolute Gasteiger partial charge is 0.0900 e. The zero-order valence-electron chi connectivity index (χ0n) is 13.4. The number of unbranched alkanes of at least 4 members (excludes halogenated alkanes) is 1. The van der Waals surface area contributed by atoms with Crippen molar-refractivity contribution in [3.05, 3.63) is 0 Å². The minimum absolute atomic E-state index is 0.348. The van der Waals surface area contributed by atoms with Crippen LogP contribution in [0.1, 0.15) is 52.4 Å². The molecule has 20 heavy (non-hydrogen) atoms. The van der Waals surface area contributed by atoms with Crippen molar-refractivity contribution in [2.24, 2.45) is 0 Å². The topological polar surface area (TPSA) is 44.7 Å². The molecule has 2 atom stereocenters. The molecule has 0 aromatic carbocycles. The number of hydrogen-bond acceptors (Lipinski definition) is 4. The van der Waals surface area contributed by atoms with E-state index in [1.807, 2.05) is 0 Å². The van der Waals surface area contributed by atoms with Gasteiger partial charge in [-0.1, -0.05) is 26.7 Å². The summed E-state index contributed by atoms with van der Waals surface area (Å²) in [5.41, 5.74) is 0. The van der Waals surface area contributed by atoms with Gasteiger partial charge in [-0.2, -0.15) is 0 Å². The molecule has 1 saturated heterocycles. The summed E-state index contributed by atoms with van der Waals surface area (Å²) in [5.74, 6) is 0. The number of likely N-dealkylation sites (tertiary alicyclic amines) is 1. The van der Waals surface area contributed by atoms with Crippen LogP contribution >= 0.6 is 0 Å². The molecule has 2 N–H and O–H groups in total. The molecule has 1 aliphatic heterocycles. The third-order valence-electron chi connectivity index (χ3n) is 3.95. The fourth-order valence-electron chi connectivity index (χ4n) is 2.77. The molecule has 0 radical (unpaired) electrons. The molecule has 0 spiro atoms. The van der Waals surface area contributed by atoms with Crippen LogP contribution in [0, 0.1) is 0 Å². The number of hydrogen-bond donors (Lipinski definition) is 2. The fraction of sp³-hybridized carbons (Fsp3) is 1.00. The van der Waals surface area contributed by atoms with E-state index in [0.29, 0.717) is 12.6 Å². The monoisotopic (exact) mass is 286 g/mol. The second kappa shape index (κ2) is 11.5. The Balaban J connectivity index is 2.22. The summed E-state index contributed by atoms with van der Waals surface area (Å²) < 4.78 is 5.52. The summed E-state index contributed by atoms with van der Waals surface area (Å²) in [6, 6.07) is 0.584. The Kier molecular flexibility index (Phi) is 10.3. The molecule has 0 bridgehead atoms. The Morgan fingerprint density at radius 2 is 2.15 bits per heavy atom. The lowest BCUT2D eigenvalue weighted by atomic mass is 10.0. The number of rotatable bonds is 11. The lowest BCUT2D eigenvalue weighted by Crippen LogP contribution is -2.49. The van der Waals surface area contributed by atoms with Crippen molar-refractivity contribution >= 4 is 0 Å². The number of nitrogens with one attached hydrogen (secondary N) is 1. The van der Waals surface area contributed by atoms with Crippen molar-refractivity contribution in [3.8, 4) is 0 Å². The molecule has 0 aromatic rings. The molecule has 0 aliphatic carbocycles. The highest BCUT2D eigenvalue weighted by molar-refractivity contribution is 4.80. The summed E-state index contributed by atoms with van der Waals surface area (Å²) in [7, 11) is 0. The van der Waals surface area contributed by atoms with Gasteiger partial charge < -0.3 is 15.2 Å².